The Morgan fingerprint density at radius 1 is 1.16 bits per heavy atom. The van der Waals surface area contributed by atoms with Gasteiger partial charge in [-0.3, -0.25) is 0 Å². The van der Waals surface area contributed by atoms with E-state index < -0.39 is 0 Å². The number of hydrogen-bond acceptors (Lipinski definition) is 3. The largest absolute Gasteiger partial charge is 0.486 e. The van der Waals surface area contributed by atoms with Crippen LogP contribution in [0.3, 0.4) is 0 Å². The summed E-state index contributed by atoms with van der Waals surface area (Å²) in [5, 5.41) is 4.22. The van der Waals surface area contributed by atoms with Gasteiger partial charge in [0, 0.05) is 18.2 Å². The third-order valence-electron chi connectivity index (χ3n) is 4.11. The van der Waals surface area contributed by atoms with Crippen molar-refractivity contribution < 1.29 is 9.47 Å². The highest BCUT2D eigenvalue weighted by atomic mass is 35.5. The molecular weight excluding hydrogens is 262 g/mol. The average Bonchev–Trinajstić information content (AvgIpc) is 2.33. The number of benzene rings is 1. The monoisotopic (exact) mass is 281 g/mol. The highest BCUT2D eigenvalue weighted by Gasteiger charge is 2.31. The lowest BCUT2D eigenvalue weighted by Crippen LogP contribution is -2.38. The molecule has 0 radical (unpaired) electrons. The topological polar surface area (TPSA) is 30.5 Å². The number of ether oxygens (including phenoxy) is 2. The van der Waals surface area contributed by atoms with Gasteiger partial charge in [-0.1, -0.05) is 25.4 Å². The molecule has 1 aliphatic carbocycles. The number of halogens is 1. The lowest BCUT2D eigenvalue weighted by molar-refractivity contribution is 0.171. The first kappa shape index (κ1) is 12.9. The maximum absolute atomic E-state index is 6.29. The van der Waals surface area contributed by atoms with Gasteiger partial charge in [0.25, 0.3) is 0 Å². The lowest BCUT2D eigenvalue weighted by atomic mass is 9.73. The molecular formula is C15H20ClNO2. The predicted octanol–water partition coefficient (Wildman–Crippen LogP) is 3.96. The van der Waals surface area contributed by atoms with Gasteiger partial charge in [0.2, 0.25) is 0 Å². The second-order valence-corrected chi connectivity index (χ2v) is 6.20. The van der Waals surface area contributed by atoms with Gasteiger partial charge in [-0.15, -0.1) is 0 Å². The molecule has 0 aromatic heterocycles. The minimum absolute atomic E-state index is 0.535. The number of fused-ring (bicyclic) bond motifs is 1. The molecule has 104 valence electrons. The van der Waals surface area contributed by atoms with Crippen LogP contribution >= 0.6 is 11.6 Å². The molecule has 0 saturated heterocycles. The normalized spacial score (nSPS) is 25.1. The molecule has 4 heteroatoms. The summed E-state index contributed by atoms with van der Waals surface area (Å²) < 4.78 is 11.1. The van der Waals surface area contributed by atoms with Crippen molar-refractivity contribution in [3.8, 4) is 11.5 Å². The van der Waals surface area contributed by atoms with Gasteiger partial charge in [-0.2, -0.15) is 0 Å². The number of nitrogens with one attached hydrogen (secondary N) is 1. The molecule has 1 saturated carbocycles. The molecule has 2 aliphatic rings. The van der Waals surface area contributed by atoms with E-state index >= 15 is 0 Å². The summed E-state index contributed by atoms with van der Waals surface area (Å²) in [5.74, 6) is 3.15. The molecule has 0 spiro atoms. The molecule has 1 aliphatic heterocycles. The van der Waals surface area contributed by atoms with Crippen molar-refractivity contribution in [2.24, 2.45) is 11.8 Å². The van der Waals surface area contributed by atoms with E-state index in [-0.39, 0.29) is 0 Å². The second-order valence-electron chi connectivity index (χ2n) is 5.79. The Balaban J connectivity index is 1.68. The fourth-order valence-corrected chi connectivity index (χ4v) is 2.93. The molecule has 1 fully saturated rings. The van der Waals surface area contributed by atoms with Gasteiger partial charge in [0.05, 0.1) is 10.7 Å². The zero-order valence-corrected chi connectivity index (χ0v) is 12.2. The van der Waals surface area contributed by atoms with Crippen LogP contribution in [0.4, 0.5) is 5.69 Å². The van der Waals surface area contributed by atoms with Crippen LogP contribution in [-0.4, -0.2) is 19.3 Å². The van der Waals surface area contributed by atoms with Crippen molar-refractivity contribution in [2.45, 2.75) is 32.7 Å². The van der Waals surface area contributed by atoms with Crippen LogP contribution in [0.15, 0.2) is 12.1 Å². The average molecular weight is 282 g/mol. The van der Waals surface area contributed by atoms with E-state index in [1.165, 1.54) is 12.8 Å². The molecule has 1 aromatic carbocycles. The Bertz CT molecular complexity index is 469. The molecule has 3 nitrogen and oxygen atoms in total. The summed E-state index contributed by atoms with van der Waals surface area (Å²) in [5.41, 5.74) is 0.957. The van der Waals surface area contributed by atoms with Gasteiger partial charge >= 0.3 is 0 Å². The Morgan fingerprint density at radius 2 is 1.79 bits per heavy atom. The van der Waals surface area contributed by atoms with Crippen molar-refractivity contribution in [1.82, 2.24) is 0 Å². The molecule has 0 unspecified atom stereocenters. The minimum Gasteiger partial charge on any atom is -0.486 e. The summed E-state index contributed by atoms with van der Waals surface area (Å²) in [7, 11) is 0. The van der Waals surface area contributed by atoms with Gasteiger partial charge in [0.1, 0.15) is 13.2 Å². The SMILES string of the molecule is CC(C)C1CC(Nc2cc3c(cc2Cl)OCCO3)C1. The molecule has 3 rings (SSSR count). The highest BCUT2D eigenvalue weighted by Crippen LogP contribution is 2.41. The summed E-state index contributed by atoms with van der Waals surface area (Å²) >= 11 is 6.29. The summed E-state index contributed by atoms with van der Waals surface area (Å²) in [6.45, 7) is 5.78. The van der Waals surface area contributed by atoms with Gasteiger partial charge in [-0.25, -0.2) is 0 Å². The molecule has 19 heavy (non-hydrogen) atoms. The van der Waals surface area contributed by atoms with Crippen LogP contribution in [0.25, 0.3) is 0 Å². The molecule has 1 N–H and O–H groups in total. The predicted molar refractivity (Wildman–Crippen MR) is 77.4 cm³/mol. The first-order valence-electron chi connectivity index (χ1n) is 6.99. The molecule has 0 atom stereocenters. The Hall–Kier alpha value is -1.09. The molecule has 1 heterocycles. The van der Waals surface area contributed by atoms with Crippen LogP contribution < -0.4 is 14.8 Å². The van der Waals surface area contributed by atoms with Crippen LogP contribution in [0.2, 0.25) is 5.02 Å². The quantitative estimate of drug-likeness (QED) is 0.910. The van der Waals surface area contributed by atoms with E-state index in [1.54, 1.807) is 0 Å². The third-order valence-corrected chi connectivity index (χ3v) is 4.42. The van der Waals surface area contributed by atoms with Crippen molar-refractivity contribution in [3.63, 3.8) is 0 Å². The first-order chi connectivity index (χ1) is 9.13. The van der Waals surface area contributed by atoms with E-state index in [4.69, 9.17) is 21.1 Å². The van der Waals surface area contributed by atoms with Crippen LogP contribution in [0, 0.1) is 11.8 Å². The molecule has 1 aromatic rings. The smallest absolute Gasteiger partial charge is 0.163 e. The van der Waals surface area contributed by atoms with E-state index in [0.29, 0.717) is 24.3 Å². The van der Waals surface area contributed by atoms with Gasteiger partial charge in [0.15, 0.2) is 11.5 Å². The number of hydrogen-bond donors (Lipinski definition) is 1. The Kier molecular flexibility index (Phi) is 3.48. The van der Waals surface area contributed by atoms with E-state index in [1.807, 2.05) is 12.1 Å². The Labute approximate surface area is 119 Å². The zero-order valence-electron chi connectivity index (χ0n) is 11.4. The van der Waals surface area contributed by atoms with E-state index in [0.717, 1.165) is 29.0 Å². The van der Waals surface area contributed by atoms with Crippen molar-refractivity contribution in [1.29, 1.82) is 0 Å². The maximum Gasteiger partial charge on any atom is 0.163 e. The standard InChI is InChI=1S/C15H20ClNO2/c1-9(2)10-5-11(6-10)17-13-8-15-14(7-12(13)16)18-3-4-19-15/h7-11,17H,3-6H2,1-2H3. The maximum atomic E-state index is 6.29. The van der Waals surface area contributed by atoms with Crippen molar-refractivity contribution >= 4 is 17.3 Å². The first-order valence-corrected chi connectivity index (χ1v) is 7.37. The number of rotatable bonds is 3. The van der Waals surface area contributed by atoms with Crippen LogP contribution in [0.5, 0.6) is 11.5 Å². The van der Waals surface area contributed by atoms with Crippen molar-refractivity contribution in [2.75, 3.05) is 18.5 Å². The lowest BCUT2D eigenvalue weighted by Gasteiger charge is -2.39. The van der Waals surface area contributed by atoms with E-state index in [2.05, 4.69) is 19.2 Å². The fourth-order valence-electron chi connectivity index (χ4n) is 2.72. The summed E-state index contributed by atoms with van der Waals surface area (Å²) in [6.07, 6.45) is 2.45. The van der Waals surface area contributed by atoms with Crippen LogP contribution in [-0.2, 0) is 0 Å². The summed E-state index contributed by atoms with van der Waals surface area (Å²) in [6, 6.07) is 4.34. The molecule has 0 amide bonds. The highest BCUT2D eigenvalue weighted by molar-refractivity contribution is 6.33. The third kappa shape index (κ3) is 2.62. The van der Waals surface area contributed by atoms with Crippen molar-refractivity contribution in [3.05, 3.63) is 17.2 Å². The minimum atomic E-state index is 0.535. The molecule has 0 bridgehead atoms. The zero-order chi connectivity index (χ0) is 13.4. The number of anilines is 1. The van der Waals surface area contributed by atoms with Gasteiger partial charge < -0.3 is 14.8 Å². The second kappa shape index (κ2) is 5.12. The fraction of sp³-hybridized carbons (Fsp3) is 0.600. The Morgan fingerprint density at radius 3 is 2.42 bits per heavy atom. The van der Waals surface area contributed by atoms with Gasteiger partial charge in [-0.05, 0) is 24.7 Å². The van der Waals surface area contributed by atoms with Crippen LogP contribution in [0.1, 0.15) is 26.7 Å². The summed E-state index contributed by atoms with van der Waals surface area (Å²) in [4.78, 5) is 0. The van der Waals surface area contributed by atoms with E-state index in [9.17, 15) is 0 Å².